The largest absolute Gasteiger partial charge is 0.365 e. The summed E-state index contributed by atoms with van der Waals surface area (Å²) in [6.07, 6.45) is 2.05. The number of hydrogen-bond donors (Lipinski definition) is 3. The zero-order valence-electron chi connectivity index (χ0n) is 19.1. The van der Waals surface area contributed by atoms with Crippen molar-refractivity contribution in [2.45, 2.75) is 69.9 Å². The highest BCUT2D eigenvalue weighted by Crippen LogP contribution is 2.42. The molecule has 9 nitrogen and oxygen atoms in total. The van der Waals surface area contributed by atoms with E-state index in [9.17, 15) is 23.6 Å². The van der Waals surface area contributed by atoms with Crippen LogP contribution in [0.15, 0.2) is 18.2 Å². The minimum Gasteiger partial charge on any atom is -0.365 e. The summed E-state index contributed by atoms with van der Waals surface area (Å²) in [6, 6.07) is 2.80. The average Bonchev–Trinajstić information content (AvgIpc) is 3.50. The van der Waals surface area contributed by atoms with Crippen LogP contribution in [0.25, 0.3) is 0 Å². The van der Waals surface area contributed by atoms with Gasteiger partial charge in [-0.05, 0) is 48.4 Å². The number of carbonyl (C=O) groups is 4. The van der Waals surface area contributed by atoms with Gasteiger partial charge in [-0.1, -0.05) is 19.8 Å². The zero-order chi connectivity index (χ0) is 24.0. The normalized spacial score (nSPS) is 28.1. The van der Waals surface area contributed by atoms with Gasteiger partial charge in [0.25, 0.3) is 5.91 Å². The van der Waals surface area contributed by atoms with E-state index in [-0.39, 0.29) is 30.4 Å². The van der Waals surface area contributed by atoms with Crippen LogP contribution in [-0.4, -0.2) is 66.0 Å². The number of nitrogens with zero attached hydrogens (tertiary/aromatic N) is 1. The van der Waals surface area contributed by atoms with Gasteiger partial charge in [0.05, 0.1) is 6.54 Å². The van der Waals surface area contributed by atoms with Crippen molar-refractivity contribution in [1.29, 1.82) is 0 Å². The SMILES string of the molecule is CC1(C[C@H](NC(=O)c2ccc3c(c2)CNC(=O)N3)C(=O)N2C[C@H](F)[C@H]3OCC(=O)[C@H]32)CCCC1. The molecule has 3 aliphatic heterocycles. The number of hydrogen-bond acceptors (Lipinski definition) is 5. The number of anilines is 1. The summed E-state index contributed by atoms with van der Waals surface area (Å²) in [6.45, 7) is 1.98. The highest BCUT2D eigenvalue weighted by Gasteiger charge is 2.54. The molecule has 0 bridgehead atoms. The molecule has 182 valence electrons. The van der Waals surface area contributed by atoms with Crippen LogP contribution in [0.1, 0.15) is 54.9 Å². The van der Waals surface area contributed by atoms with Crippen molar-refractivity contribution in [2.75, 3.05) is 18.5 Å². The van der Waals surface area contributed by atoms with Gasteiger partial charge in [-0.25, -0.2) is 9.18 Å². The molecule has 0 aromatic heterocycles. The zero-order valence-corrected chi connectivity index (χ0v) is 19.1. The fourth-order valence-electron chi connectivity index (χ4n) is 5.74. The highest BCUT2D eigenvalue weighted by atomic mass is 19.1. The Bertz CT molecular complexity index is 1040. The molecular weight excluding hydrogens is 443 g/mol. The molecule has 4 amide bonds. The summed E-state index contributed by atoms with van der Waals surface area (Å²) in [4.78, 5) is 51.9. The summed E-state index contributed by atoms with van der Waals surface area (Å²) in [7, 11) is 0. The van der Waals surface area contributed by atoms with Crippen LogP contribution in [0.4, 0.5) is 14.9 Å². The highest BCUT2D eigenvalue weighted by molar-refractivity contribution is 6.00. The van der Waals surface area contributed by atoms with E-state index in [1.54, 1.807) is 18.2 Å². The Morgan fingerprint density at radius 3 is 2.82 bits per heavy atom. The Hall–Kier alpha value is -3.01. The molecule has 0 unspecified atom stereocenters. The van der Waals surface area contributed by atoms with E-state index < -0.39 is 36.2 Å². The van der Waals surface area contributed by atoms with Gasteiger partial charge >= 0.3 is 6.03 Å². The topological polar surface area (TPSA) is 117 Å². The summed E-state index contributed by atoms with van der Waals surface area (Å²) >= 11 is 0. The number of amides is 4. The maximum absolute atomic E-state index is 14.5. The van der Waals surface area contributed by atoms with Crippen molar-refractivity contribution >= 4 is 29.3 Å². The lowest BCUT2D eigenvalue weighted by atomic mass is 9.81. The lowest BCUT2D eigenvalue weighted by Crippen LogP contribution is -2.53. The molecule has 3 fully saturated rings. The Morgan fingerprint density at radius 1 is 1.29 bits per heavy atom. The molecule has 3 N–H and O–H groups in total. The second-order valence-corrected chi connectivity index (χ2v) is 10.1. The smallest absolute Gasteiger partial charge is 0.319 e. The number of fused-ring (bicyclic) bond motifs is 2. The predicted octanol–water partition coefficient (Wildman–Crippen LogP) is 1.91. The Kier molecular flexibility index (Phi) is 5.79. The van der Waals surface area contributed by atoms with Crippen LogP contribution in [0.3, 0.4) is 0 Å². The minimum atomic E-state index is -1.43. The number of ether oxygens (including phenoxy) is 1. The van der Waals surface area contributed by atoms with Gasteiger partial charge in [0.15, 0.2) is 5.78 Å². The molecule has 1 saturated carbocycles. The number of likely N-dealkylation sites (tertiary alicyclic amines) is 1. The summed E-state index contributed by atoms with van der Waals surface area (Å²) in [5.74, 6) is -1.18. The number of urea groups is 1. The molecule has 0 spiro atoms. The third-order valence-corrected chi connectivity index (χ3v) is 7.57. The lowest BCUT2D eigenvalue weighted by molar-refractivity contribution is -0.138. The number of carbonyl (C=O) groups excluding carboxylic acids is 4. The van der Waals surface area contributed by atoms with Gasteiger partial charge in [-0.15, -0.1) is 0 Å². The van der Waals surface area contributed by atoms with Gasteiger partial charge in [0.1, 0.15) is 31.0 Å². The number of halogens is 1. The quantitative estimate of drug-likeness (QED) is 0.605. The predicted molar refractivity (Wildman–Crippen MR) is 120 cm³/mol. The van der Waals surface area contributed by atoms with Crippen molar-refractivity contribution in [3.8, 4) is 0 Å². The molecule has 0 radical (unpaired) electrons. The van der Waals surface area contributed by atoms with E-state index >= 15 is 0 Å². The fraction of sp³-hybridized carbons (Fsp3) is 0.583. The van der Waals surface area contributed by atoms with Crippen LogP contribution in [-0.2, 0) is 20.9 Å². The van der Waals surface area contributed by atoms with Gasteiger partial charge in [0, 0.05) is 17.8 Å². The second kappa shape index (κ2) is 8.65. The number of benzene rings is 1. The minimum absolute atomic E-state index is 0.123. The molecule has 10 heteroatoms. The fourth-order valence-corrected chi connectivity index (χ4v) is 5.74. The lowest BCUT2D eigenvalue weighted by Gasteiger charge is -2.33. The molecule has 5 rings (SSSR count). The summed E-state index contributed by atoms with van der Waals surface area (Å²) < 4.78 is 19.8. The van der Waals surface area contributed by atoms with Crippen LogP contribution < -0.4 is 16.0 Å². The first kappa shape index (κ1) is 22.8. The van der Waals surface area contributed by atoms with Crippen molar-refractivity contribution in [2.24, 2.45) is 5.41 Å². The molecule has 34 heavy (non-hydrogen) atoms. The third-order valence-electron chi connectivity index (χ3n) is 7.57. The average molecular weight is 473 g/mol. The molecule has 4 aliphatic rings. The first-order chi connectivity index (χ1) is 16.2. The number of ketones is 1. The van der Waals surface area contributed by atoms with Crippen molar-refractivity contribution in [3.63, 3.8) is 0 Å². The Balaban J connectivity index is 1.38. The number of nitrogens with one attached hydrogen (secondary N) is 3. The molecule has 2 saturated heterocycles. The Labute approximate surface area is 196 Å². The standard InChI is InChI=1S/C24H29FN4O5/c1-24(6-2-3-7-24)9-17(22(32)29-11-15(25)20-19(29)18(30)12-34-20)27-21(31)13-4-5-16-14(8-13)10-26-23(33)28-16/h4-5,8,15,17,19-20H,2-3,6-7,9-12H2,1H3,(H,27,31)(H2,26,28,33)/t15-,17-,19+,20+/m0/s1. The molecule has 4 atom stereocenters. The van der Waals surface area contributed by atoms with Crippen molar-refractivity contribution < 1.29 is 28.3 Å². The van der Waals surface area contributed by atoms with Gasteiger partial charge in [-0.3, -0.25) is 14.4 Å². The molecule has 3 heterocycles. The number of Topliss-reactive ketones (excluding diaryl/α,β-unsaturated/α-hetero) is 1. The van der Waals surface area contributed by atoms with E-state index in [0.29, 0.717) is 24.2 Å². The monoisotopic (exact) mass is 472 g/mol. The summed E-state index contributed by atoms with van der Waals surface area (Å²) in [5, 5.41) is 8.22. The van der Waals surface area contributed by atoms with Crippen LogP contribution in [0.5, 0.6) is 0 Å². The van der Waals surface area contributed by atoms with E-state index in [2.05, 4.69) is 22.9 Å². The molecule has 1 aromatic rings. The van der Waals surface area contributed by atoms with E-state index in [0.717, 1.165) is 31.2 Å². The van der Waals surface area contributed by atoms with Crippen LogP contribution in [0, 0.1) is 5.41 Å². The van der Waals surface area contributed by atoms with E-state index in [4.69, 9.17) is 4.74 Å². The maximum atomic E-state index is 14.5. The van der Waals surface area contributed by atoms with Crippen LogP contribution in [0.2, 0.25) is 0 Å². The second-order valence-electron chi connectivity index (χ2n) is 10.1. The first-order valence-corrected chi connectivity index (χ1v) is 11.8. The van der Waals surface area contributed by atoms with E-state index in [1.165, 1.54) is 4.90 Å². The van der Waals surface area contributed by atoms with Crippen molar-refractivity contribution in [3.05, 3.63) is 29.3 Å². The van der Waals surface area contributed by atoms with Crippen molar-refractivity contribution in [1.82, 2.24) is 15.5 Å². The molecule has 1 aromatic carbocycles. The van der Waals surface area contributed by atoms with E-state index in [1.807, 2.05) is 0 Å². The molecule has 1 aliphatic carbocycles. The third kappa shape index (κ3) is 4.15. The van der Waals surface area contributed by atoms with Gasteiger partial charge in [0.2, 0.25) is 5.91 Å². The first-order valence-electron chi connectivity index (χ1n) is 11.8. The molecular formula is C24H29FN4O5. The van der Waals surface area contributed by atoms with Gasteiger partial charge < -0.3 is 25.6 Å². The Morgan fingerprint density at radius 2 is 2.06 bits per heavy atom. The number of alkyl halides is 1. The van der Waals surface area contributed by atoms with Crippen LogP contribution >= 0.6 is 0 Å². The van der Waals surface area contributed by atoms with Gasteiger partial charge in [-0.2, -0.15) is 0 Å². The maximum Gasteiger partial charge on any atom is 0.319 e. The number of rotatable bonds is 5. The summed E-state index contributed by atoms with van der Waals surface area (Å²) in [5.41, 5.74) is 1.62.